The van der Waals surface area contributed by atoms with E-state index >= 15 is 0 Å². The van der Waals surface area contributed by atoms with E-state index in [0.29, 0.717) is 23.6 Å². The smallest absolute Gasteiger partial charge is 0.216 e. The molecular weight excluding hydrogens is 241 g/mol. The first-order valence-corrected chi connectivity index (χ1v) is 6.36. The molecule has 1 rings (SSSR count). The maximum Gasteiger partial charge on any atom is 0.216 e. The van der Waals surface area contributed by atoms with Gasteiger partial charge in [-0.05, 0) is 24.3 Å². The van der Waals surface area contributed by atoms with Gasteiger partial charge in [-0.2, -0.15) is 11.8 Å². The number of carbonyl (C=O) groups excluding carboxylic acids is 2. The Bertz CT molecular complexity index is 392. The molecule has 0 aromatic heterocycles. The quantitative estimate of drug-likeness (QED) is 0.623. The molecule has 1 aromatic carbocycles. The van der Waals surface area contributed by atoms with E-state index in [1.807, 2.05) is 0 Å². The number of hydrogen-bond acceptors (Lipinski definition) is 3. The van der Waals surface area contributed by atoms with Crippen molar-refractivity contribution in [3.05, 3.63) is 35.6 Å². The van der Waals surface area contributed by atoms with Gasteiger partial charge in [0.15, 0.2) is 5.78 Å². The maximum absolute atomic E-state index is 12.6. The summed E-state index contributed by atoms with van der Waals surface area (Å²) < 4.78 is 12.6. The summed E-state index contributed by atoms with van der Waals surface area (Å²) in [5, 5.41) is 2.65. The number of carbonyl (C=O) groups is 2. The molecule has 0 radical (unpaired) electrons. The predicted molar refractivity (Wildman–Crippen MR) is 66.7 cm³/mol. The monoisotopic (exact) mass is 255 g/mol. The molecule has 0 bridgehead atoms. The van der Waals surface area contributed by atoms with Crippen LogP contribution in [0.1, 0.15) is 17.3 Å². The van der Waals surface area contributed by atoms with Gasteiger partial charge in [-0.1, -0.05) is 0 Å². The van der Waals surface area contributed by atoms with Gasteiger partial charge in [-0.25, -0.2) is 4.39 Å². The van der Waals surface area contributed by atoms with Crippen molar-refractivity contribution in [2.75, 3.05) is 18.1 Å². The summed E-state index contributed by atoms with van der Waals surface area (Å²) in [6.45, 7) is 2.00. The third-order valence-corrected chi connectivity index (χ3v) is 2.98. The first-order chi connectivity index (χ1) is 8.09. The molecular formula is C12H14FNO2S. The van der Waals surface area contributed by atoms with Gasteiger partial charge >= 0.3 is 0 Å². The van der Waals surface area contributed by atoms with Gasteiger partial charge in [0.25, 0.3) is 0 Å². The summed E-state index contributed by atoms with van der Waals surface area (Å²) in [5.41, 5.74) is 0.512. The van der Waals surface area contributed by atoms with Crippen LogP contribution in [0.15, 0.2) is 24.3 Å². The lowest BCUT2D eigenvalue weighted by atomic mass is 10.1. The number of rotatable bonds is 6. The summed E-state index contributed by atoms with van der Waals surface area (Å²) in [7, 11) is 0. The van der Waals surface area contributed by atoms with Crippen LogP contribution in [0.2, 0.25) is 0 Å². The Morgan fingerprint density at radius 1 is 1.29 bits per heavy atom. The maximum atomic E-state index is 12.6. The molecule has 1 amide bonds. The van der Waals surface area contributed by atoms with Crippen molar-refractivity contribution in [2.45, 2.75) is 6.92 Å². The van der Waals surface area contributed by atoms with Crippen LogP contribution in [-0.4, -0.2) is 29.7 Å². The Hall–Kier alpha value is -1.36. The minimum atomic E-state index is -0.347. The number of Topliss-reactive ketones (excluding diaryl/α,β-unsaturated/α-hetero) is 1. The van der Waals surface area contributed by atoms with Crippen molar-refractivity contribution < 1.29 is 14.0 Å². The number of amides is 1. The highest BCUT2D eigenvalue weighted by atomic mass is 32.2. The molecule has 1 N–H and O–H groups in total. The van der Waals surface area contributed by atoms with Crippen molar-refractivity contribution in [1.82, 2.24) is 5.32 Å². The van der Waals surface area contributed by atoms with Gasteiger partial charge in [-0.3, -0.25) is 9.59 Å². The second-order valence-electron chi connectivity index (χ2n) is 3.47. The van der Waals surface area contributed by atoms with Crippen LogP contribution in [-0.2, 0) is 4.79 Å². The van der Waals surface area contributed by atoms with Crippen molar-refractivity contribution in [3.63, 3.8) is 0 Å². The summed E-state index contributed by atoms with van der Waals surface area (Å²) in [4.78, 5) is 22.2. The molecule has 1 aromatic rings. The second-order valence-corrected chi connectivity index (χ2v) is 4.57. The molecule has 0 atom stereocenters. The lowest BCUT2D eigenvalue weighted by molar-refractivity contribution is -0.118. The fourth-order valence-electron chi connectivity index (χ4n) is 1.18. The molecule has 0 unspecified atom stereocenters. The number of ketones is 1. The lowest BCUT2D eigenvalue weighted by Gasteiger charge is -2.02. The highest BCUT2D eigenvalue weighted by molar-refractivity contribution is 8.00. The Morgan fingerprint density at radius 2 is 1.94 bits per heavy atom. The van der Waals surface area contributed by atoms with E-state index in [9.17, 15) is 14.0 Å². The van der Waals surface area contributed by atoms with E-state index in [1.165, 1.54) is 43.0 Å². The molecule has 0 heterocycles. The van der Waals surface area contributed by atoms with Gasteiger partial charge < -0.3 is 5.32 Å². The molecule has 5 heteroatoms. The third kappa shape index (κ3) is 5.49. The van der Waals surface area contributed by atoms with Gasteiger partial charge in [0.05, 0.1) is 5.75 Å². The van der Waals surface area contributed by atoms with Crippen molar-refractivity contribution in [2.24, 2.45) is 0 Å². The van der Waals surface area contributed by atoms with Crippen LogP contribution in [0.4, 0.5) is 4.39 Å². The molecule has 0 saturated carbocycles. The molecule has 0 aliphatic rings. The van der Waals surface area contributed by atoms with Crippen LogP contribution in [0, 0.1) is 5.82 Å². The molecule has 92 valence electrons. The van der Waals surface area contributed by atoms with Gasteiger partial charge in [0.1, 0.15) is 5.82 Å². The molecule has 0 saturated heterocycles. The summed E-state index contributed by atoms with van der Waals surface area (Å²) in [6.07, 6.45) is 0. The fraction of sp³-hybridized carbons (Fsp3) is 0.333. The Balaban J connectivity index is 2.25. The van der Waals surface area contributed by atoms with E-state index in [1.54, 1.807) is 0 Å². The first-order valence-electron chi connectivity index (χ1n) is 5.20. The van der Waals surface area contributed by atoms with Crippen molar-refractivity contribution in [3.8, 4) is 0 Å². The van der Waals surface area contributed by atoms with Gasteiger partial charge in [-0.15, -0.1) is 0 Å². The zero-order valence-electron chi connectivity index (χ0n) is 9.53. The number of thioether (sulfide) groups is 1. The van der Waals surface area contributed by atoms with E-state index in [0.717, 1.165) is 0 Å². The van der Waals surface area contributed by atoms with E-state index < -0.39 is 0 Å². The zero-order chi connectivity index (χ0) is 12.7. The average Bonchev–Trinajstić information content (AvgIpc) is 2.29. The van der Waals surface area contributed by atoms with Crippen LogP contribution < -0.4 is 5.32 Å². The predicted octanol–water partition coefficient (Wildman–Crippen LogP) is 1.88. The summed E-state index contributed by atoms with van der Waals surface area (Å²) in [6, 6.07) is 5.50. The van der Waals surface area contributed by atoms with E-state index in [4.69, 9.17) is 0 Å². The average molecular weight is 255 g/mol. The highest BCUT2D eigenvalue weighted by Gasteiger charge is 2.05. The Morgan fingerprint density at radius 3 is 2.53 bits per heavy atom. The second kappa shape index (κ2) is 7.06. The van der Waals surface area contributed by atoms with Crippen LogP contribution in [0.25, 0.3) is 0 Å². The normalized spacial score (nSPS) is 10.0. The summed E-state index contributed by atoms with van der Waals surface area (Å²) >= 11 is 1.44. The van der Waals surface area contributed by atoms with Crippen molar-refractivity contribution >= 4 is 23.5 Å². The molecule has 0 spiro atoms. The van der Waals surface area contributed by atoms with E-state index in [2.05, 4.69) is 5.32 Å². The largest absolute Gasteiger partial charge is 0.356 e. The third-order valence-electron chi connectivity index (χ3n) is 2.02. The number of benzene rings is 1. The molecule has 0 aliphatic carbocycles. The van der Waals surface area contributed by atoms with Crippen LogP contribution >= 0.6 is 11.8 Å². The van der Waals surface area contributed by atoms with Crippen LogP contribution in [0.5, 0.6) is 0 Å². The molecule has 0 aliphatic heterocycles. The fourth-order valence-corrected chi connectivity index (χ4v) is 1.93. The minimum Gasteiger partial charge on any atom is -0.356 e. The van der Waals surface area contributed by atoms with Gasteiger partial charge in [0, 0.05) is 24.8 Å². The standard InChI is InChI=1S/C12H14FNO2S/c1-9(15)14-6-7-17-8-12(16)10-2-4-11(13)5-3-10/h2-5H,6-8H2,1H3,(H,14,15). The number of hydrogen-bond donors (Lipinski definition) is 1. The SMILES string of the molecule is CC(=O)NCCSCC(=O)c1ccc(F)cc1. The van der Waals surface area contributed by atoms with Crippen molar-refractivity contribution in [1.29, 1.82) is 0 Å². The Kier molecular flexibility index (Phi) is 5.69. The molecule has 17 heavy (non-hydrogen) atoms. The molecule has 3 nitrogen and oxygen atoms in total. The zero-order valence-corrected chi connectivity index (χ0v) is 10.3. The highest BCUT2D eigenvalue weighted by Crippen LogP contribution is 2.08. The minimum absolute atomic E-state index is 0.0298. The van der Waals surface area contributed by atoms with Crippen LogP contribution in [0.3, 0.4) is 0 Å². The summed E-state index contributed by atoms with van der Waals surface area (Å²) in [5.74, 6) is 0.575. The van der Waals surface area contributed by atoms with Gasteiger partial charge in [0.2, 0.25) is 5.91 Å². The molecule has 0 fully saturated rings. The van der Waals surface area contributed by atoms with E-state index in [-0.39, 0.29) is 17.5 Å². The Labute approximate surface area is 104 Å². The topological polar surface area (TPSA) is 46.2 Å². The first kappa shape index (κ1) is 13.7. The number of nitrogens with one attached hydrogen (secondary N) is 1. The lowest BCUT2D eigenvalue weighted by Crippen LogP contribution is -2.22. The number of halogens is 1.